The largest absolute Gasteiger partial charge is 0.445 e. The number of ether oxygens (including phenoxy) is 1. The highest BCUT2D eigenvalue weighted by molar-refractivity contribution is 5.68. The van der Waals surface area contributed by atoms with Crippen LogP contribution in [-0.2, 0) is 24.3 Å². The Bertz CT molecular complexity index is 784. The maximum absolute atomic E-state index is 12.3. The zero-order valence-electron chi connectivity index (χ0n) is 13.2. The number of pyridine rings is 1. The Morgan fingerprint density at radius 2 is 2.17 bits per heavy atom. The molecule has 24 heavy (non-hydrogen) atoms. The number of aromatic nitrogens is 1. The summed E-state index contributed by atoms with van der Waals surface area (Å²) in [7, 11) is 0. The van der Waals surface area contributed by atoms with Crippen molar-refractivity contribution in [2.75, 3.05) is 12.3 Å². The van der Waals surface area contributed by atoms with Crippen molar-refractivity contribution in [3.63, 3.8) is 0 Å². The van der Waals surface area contributed by atoms with E-state index in [9.17, 15) is 10.1 Å². The number of carbonyl (C=O) groups is 1. The first-order valence-electron chi connectivity index (χ1n) is 7.81. The van der Waals surface area contributed by atoms with Crippen LogP contribution in [0.25, 0.3) is 0 Å². The quantitative estimate of drug-likeness (QED) is 0.917. The summed E-state index contributed by atoms with van der Waals surface area (Å²) in [5.41, 5.74) is 8.89. The lowest BCUT2D eigenvalue weighted by Crippen LogP contribution is -2.31. The molecule has 122 valence electrons. The lowest BCUT2D eigenvalue weighted by molar-refractivity contribution is 0.0942. The van der Waals surface area contributed by atoms with E-state index in [1.807, 2.05) is 30.3 Å². The molecule has 0 aliphatic carbocycles. The SMILES string of the molecule is N#Cc1c(N)ncc2c1CCCN(C(=O)OCc1ccccc1)C2. The molecular formula is C18H18N4O2. The second-order valence-electron chi connectivity index (χ2n) is 5.70. The molecule has 1 amide bonds. The third-order valence-electron chi connectivity index (χ3n) is 4.10. The Morgan fingerprint density at radius 1 is 1.38 bits per heavy atom. The minimum absolute atomic E-state index is 0.243. The Hall–Kier alpha value is -3.07. The van der Waals surface area contributed by atoms with Crippen molar-refractivity contribution in [2.24, 2.45) is 0 Å². The second-order valence-corrected chi connectivity index (χ2v) is 5.70. The minimum Gasteiger partial charge on any atom is -0.445 e. The number of fused-ring (bicyclic) bond motifs is 1. The number of anilines is 1. The van der Waals surface area contributed by atoms with Gasteiger partial charge in [-0.15, -0.1) is 0 Å². The van der Waals surface area contributed by atoms with Crippen molar-refractivity contribution < 1.29 is 9.53 Å². The van der Waals surface area contributed by atoms with Gasteiger partial charge < -0.3 is 15.4 Å². The van der Waals surface area contributed by atoms with Gasteiger partial charge >= 0.3 is 6.09 Å². The highest BCUT2D eigenvalue weighted by Crippen LogP contribution is 2.24. The molecule has 6 nitrogen and oxygen atoms in total. The molecule has 3 rings (SSSR count). The smallest absolute Gasteiger partial charge is 0.410 e. The Kier molecular flexibility index (Phi) is 4.62. The number of nitrogens with zero attached hydrogens (tertiary/aromatic N) is 3. The summed E-state index contributed by atoms with van der Waals surface area (Å²) in [4.78, 5) is 18.1. The number of carbonyl (C=O) groups excluding carboxylic acids is 1. The maximum Gasteiger partial charge on any atom is 0.410 e. The first kappa shape index (κ1) is 15.8. The average molecular weight is 322 g/mol. The molecule has 2 aromatic rings. The number of hydrogen-bond donors (Lipinski definition) is 1. The molecule has 6 heteroatoms. The number of hydrogen-bond acceptors (Lipinski definition) is 5. The van der Waals surface area contributed by atoms with Crippen LogP contribution in [0.5, 0.6) is 0 Å². The van der Waals surface area contributed by atoms with Gasteiger partial charge in [-0.05, 0) is 29.5 Å². The van der Waals surface area contributed by atoms with Gasteiger partial charge in [0.2, 0.25) is 0 Å². The number of nitrogen functional groups attached to an aromatic ring is 1. The molecule has 0 bridgehead atoms. The van der Waals surface area contributed by atoms with E-state index in [0.29, 0.717) is 25.1 Å². The number of amides is 1. The summed E-state index contributed by atoms with van der Waals surface area (Å²) in [6.45, 7) is 1.20. The first-order chi connectivity index (χ1) is 11.7. The fourth-order valence-corrected chi connectivity index (χ4v) is 2.85. The number of nitriles is 1. The summed E-state index contributed by atoms with van der Waals surface area (Å²) < 4.78 is 5.40. The van der Waals surface area contributed by atoms with Gasteiger partial charge in [0.25, 0.3) is 0 Å². The lowest BCUT2D eigenvalue weighted by atomic mass is 10.0. The molecule has 1 aromatic carbocycles. The van der Waals surface area contributed by atoms with Crippen molar-refractivity contribution in [1.82, 2.24) is 9.88 Å². The fourth-order valence-electron chi connectivity index (χ4n) is 2.85. The van der Waals surface area contributed by atoms with Crippen LogP contribution >= 0.6 is 0 Å². The van der Waals surface area contributed by atoms with Gasteiger partial charge in [0.05, 0.1) is 12.1 Å². The van der Waals surface area contributed by atoms with E-state index in [2.05, 4.69) is 11.1 Å². The van der Waals surface area contributed by atoms with E-state index in [-0.39, 0.29) is 18.5 Å². The van der Waals surface area contributed by atoms with E-state index in [1.54, 1.807) is 11.1 Å². The molecule has 2 heterocycles. The normalized spacial score (nSPS) is 13.5. The van der Waals surface area contributed by atoms with Gasteiger partial charge in [0, 0.05) is 12.7 Å². The van der Waals surface area contributed by atoms with E-state index in [4.69, 9.17) is 10.5 Å². The molecule has 0 atom stereocenters. The lowest BCUT2D eigenvalue weighted by Gasteiger charge is -2.20. The van der Waals surface area contributed by atoms with Crippen LogP contribution < -0.4 is 5.73 Å². The van der Waals surface area contributed by atoms with Crippen LogP contribution in [0.3, 0.4) is 0 Å². The summed E-state index contributed by atoms with van der Waals surface area (Å²) >= 11 is 0. The Morgan fingerprint density at radius 3 is 2.92 bits per heavy atom. The highest BCUT2D eigenvalue weighted by atomic mass is 16.6. The number of nitrogens with two attached hydrogens (primary N) is 1. The Balaban J connectivity index is 1.72. The van der Waals surface area contributed by atoms with E-state index in [1.165, 1.54) is 0 Å². The predicted octanol–water partition coefficient (Wildman–Crippen LogP) is 2.62. The third-order valence-corrected chi connectivity index (χ3v) is 4.10. The first-order valence-corrected chi connectivity index (χ1v) is 7.81. The van der Waals surface area contributed by atoms with Crippen molar-refractivity contribution in [1.29, 1.82) is 5.26 Å². The standard InChI is InChI=1S/C18H18N4O2/c19-9-16-15-7-4-8-22(11-14(15)10-21-17(16)20)18(23)24-12-13-5-2-1-3-6-13/h1-3,5-6,10H,4,7-8,11-12H2,(H2,20,21). The molecule has 1 aliphatic rings. The van der Waals surface area contributed by atoms with Gasteiger partial charge in [0.15, 0.2) is 0 Å². The van der Waals surface area contributed by atoms with Gasteiger partial charge in [0.1, 0.15) is 18.5 Å². The van der Waals surface area contributed by atoms with Crippen LogP contribution in [0.15, 0.2) is 36.5 Å². The molecule has 0 saturated heterocycles. The molecular weight excluding hydrogens is 304 g/mol. The maximum atomic E-state index is 12.3. The van der Waals surface area contributed by atoms with Crippen LogP contribution in [0.2, 0.25) is 0 Å². The molecule has 0 saturated carbocycles. The van der Waals surface area contributed by atoms with Crippen molar-refractivity contribution >= 4 is 11.9 Å². The zero-order valence-corrected chi connectivity index (χ0v) is 13.2. The van der Waals surface area contributed by atoms with E-state index >= 15 is 0 Å². The predicted molar refractivity (Wildman–Crippen MR) is 88.7 cm³/mol. The molecule has 0 radical (unpaired) electrons. The fraction of sp³-hybridized carbons (Fsp3) is 0.278. The summed E-state index contributed by atoms with van der Waals surface area (Å²) in [6, 6.07) is 11.7. The van der Waals surface area contributed by atoms with Crippen molar-refractivity contribution in [3.05, 3.63) is 58.8 Å². The van der Waals surface area contributed by atoms with Crippen molar-refractivity contribution in [3.8, 4) is 6.07 Å². The third kappa shape index (κ3) is 3.30. The number of benzene rings is 1. The molecule has 0 fully saturated rings. The van der Waals surface area contributed by atoms with Crippen LogP contribution in [0.1, 0.15) is 28.7 Å². The average Bonchev–Trinajstić information content (AvgIpc) is 2.83. The molecule has 1 aromatic heterocycles. The topological polar surface area (TPSA) is 92.2 Å². The summed E-state index contributed by atoms with van der Waals surface area (Å²) in [6.07, 6.45) is 2.75. The van der Waals surface area contributed by atoms with E-state index < -0.39 is 0 Å². The van der Waals surface area contributed by atoms with Crippen molar-refractivity contribution in [2.45, 2.75) is 26.0 Å². The summed E-state index contributed by atoms with van der Waals surface area (Å²) in [5, 5.41) is 9.28. The van der Waals surface area contributed by atoms with Crippen LogP contribution in [0.4, 0.5) is 10.6 Å². The van der Waals surface area contributed by atoms with Crippen LogP contribution in [-0.4, -0.2) is 22.5 Å². The monoisotopic (exact) mass is 322 g/mol. The zero-order chi connectivity index (χ0) is 16.9. The number of rotatable bonds is 2. The van der Waals surface area contributed by atoms with Gasteiger partial charge in [-0.25, -0.2) is 9.78 Å². The van der Waals surface area contributed by atoms with Crippen LogP contribution in [0, 0.1) is 11.3 Å². The molecule has 2 N–H and O–H groups in total. The van der Waals surface area contributed by atoms with E-state index in [0.717, 1.165) is 23.1 Å². The Labute approximate surface area is 140 Å². The molecule has 0 unspecified atom stereocenters. The van der Waals surface area contributed by atoms with Gasteiger partial charge in [-0.2, -0.15) is 5.26 Å². The summed E-state index contributed by atoms with van der Waals surface area (Å²) in [5.74, 6) is 0.247. The van der Waals surface area contributed by atoms with Gasteiger partial charge in [-0.3, -0.25) is 0 Å². The van der Waals surface area contributed by atoms with Gasteiger partial charge in [-0.1, -0.05) is 30.3 Å². The molecule has 1 aliphatic heterocycles. The molecule has 0 spiro atoms. The second kappa shape index (κ2) is 7.01. The minimum atomic E-state index is -0.359. The highest BCUT2D eigenvalue weighted by Gasteiger charge is 2.23.